The Hall–Kier alpha value is -4.21. The number of benzene rings is 3. The molecule has 4 N–H and O–H groups in total. The first-order chi connectivity index (χ1) is 17.7. The molecule has 6 nitrogen and oxygen atoms in total. The van der Waals surface area contributed by atoms with Crippen molar-refractivity contribution in [2.75, 3.05) is 10.6 Å². The Kier molecular flexibility index (Phi) is 7.56. The number of aliphatic hydroxyl groups is 2. The van der Waals surface area contributed by atoms with Crippen LogP contribution in [0.25, 0.3) is 5.57 Å². The minimum absolute atomic E-state index is 0.0561. The summed E-state index contributed by atoms with van der Waals surface area (Å²) in [5.41, 5.74) is 3.09. The smallest absolute Gasteiger partial charge is 0.392 e. The summed E-state index contributed by atoms with van der Waals surface area (Å²) in [6, 6.07) is 16.6. The topological polar surface area (TPSA) is 98.7 Å². The third-order valence-corrected chi connectivity index (χ3v) is 5.85. The van der Waals surface area contributed by atoms with Gasteiger partial charge in [-0.15, -0.1) is 0 Å². The lowest BCUT2D eigenvalue weighted by molar-refractivity contribution is -0.137. The number of amides is 2. The molecule has 0 saturated carbocycles. The summed E-state index contributed by atoms with van der Waals surface area (Å²) < 4.78 is 39.1. The SMILES string of the molecule is O=C(C=CC=C(c1ccc(C(F)(F)F)cc1)c1cccc(CO)c1)Nc1cccc2c1CC(O)C(=O)N2. The van der Waals surface area contributed by atoms with Gasteiger partial charge in [0.15, 0.2) is 0 Å². The van der Waals surface area contributed by atoms with Crippen molar-refractivity contribution in [3.8, 4) is 0 Å². The first-order valence-electron chi connectivity index (χ1n) is 11.3. The Morgan fingerprint density at radius 3 is 2.49 bits per heavy atom. The molecule has 0 spiro atoms. The summed E-state index contributed by atoms with van der Waals surface area (Å²) in [5, 5.41) is 24.7. The fraction of sp³-hybridized carbons (Fsp3) is 0.143. The summed E-state index contributed by atoms with van der Waals surface area (Å²) >= 11 is 0. The van der Waals surface area contributed by atoms with E-state index in [1.807, 2.05) is 0 Å². The molecule has 1 aliphatic heterocycles. The average molecular weight is 508 g/mol. The van der Waals surface area contributed by atoms with E-state index in [2.05, 4.69) is 10.6 Å². The van der Waals surface area contributed by atoms with E-state index in [0.29, 0.717) is 39.2 Å². The number of fused-ring (bicyclic) bond motifs is 1. The fourth-order valence-corrected chi connectivity index (χ4v) is 3.98. The second kappa shape index (κ2) is 10.8. The van der Waals surface area contributed by atoms with Gasteiger partial charge in [0, 0.05) is 29.4 Å². The number of alkyl halides is 3. The van der Waals surface area contributed by atoms with Crippen molar-refractivity contribution < 1.29 is 33.0 Å². The Labute approximate surface area is 210 Å². The number of carbonyl (C=O) groups is 2. The Bertz CT molecular complexity index is 1380. The van der Waals surface area contributed by atoms with Crippen molar-refractivity contribution in [1.82, 2.24) is 0 Å². The van der Waals surface area contributed by atoms with Crippen LogP contribution in [0.5, 0.6) is 0 Å². The van der Waals surface area contributed by atoms with Gasteiger partial charge in [-0.3, -0.25) is 9.59 Å². The second-order valence-electron chi connectivity index (χ2n) is 8.40. The molecule has 0 aliphatic carbocycles. The van der Waals surface area contributed by atoms with Crippen molar-refractivity contribution >= 4 is 28.8 Å². The molecular formula is C28H23F3N2O4. The van der Waals surface area contributed by atoms with Crippen LogP contribution in [0.3, 0.4) is 0 Å². The Balaban J connectivity index is 1.60. The molecule has 1 heterocycles. The highest BCUT2D eigenvalue weighted by Gasteiger charge is 2.30. The number of anilines is 2. The van der Waals surface area contributed by atoms with Gasteiger partial charge in [0.05, 0.1) is 12.2 Å². The van der Waals surface area contributed by atoms with Gasteiger partial charge in [0.2, 0.25) is 5.91 Å². The number of rotatable bonds is 6. The van der Waals surface area contributed by atoms with E-state index in [9.17, 15) is 33.0 Å². The quantitative estimate of drug-likeness (QED) is 0.287. The van der Waals surface area contributed by atoms with E-state index in [-0.39, 0.29) is 13.0 Å². The van der Waals surface area contributed by atoms with Crippen molar-refractivity contribution in [2.45, 2.75) is 25.3 Å². The highest BCUT2D eigenvalue weighted by atomic mass is 19.4. The van der Waals surface area contributed by atoms with Gasteiger partial charge in [0.25, 0.3) is 5.91 Å². The lowest BCUT2D eigenvalue weighted by Crippen LogP contribution is -2.34. The fourth-order valence-electron chi connectivity index (χ4n) is 3.98. The van der Waals surface area contributed by atoms with Gasteiger partial charge in [0.1, 0.15) is 6.10 Å². The molecule has 3 aromatic carbocycles. The molecule has 1 atom stereocenters. The molecule has 0 saturated heterocycles. The summed E-state index contributed by atoms with van der Waals surface area (Å²) in [4.78, 5) is 24.3. The van der Waals surface area contributed by atoms with Crippen LogP contribution in [0.15, 0.2) is 85.0 Å². The summed E-state index contributed by atoms with van der Waals surface area (Å²) in [7, 11) is 0. The van der Waals surface area contributed by atoms with Crippen LogP contribution in [0, 0.1) is 0 Å². The first kappa shape index (κ1) is 25.9. The monoisotopic (exact) mass is 508 g/mol. The van der Waals surface area contributed by atoms with Gasteiger partial charge in [-0.05, 0) is 52.6 Å². The number of hydrogen-bond donors (Lipinski definition) is 4. The minimum Gasteiger partial charge on any atom is -0.392 e. The number of hydrogen-bond acceptors (Lipinski definition) is 4. The lowest BCUT2D eigenvalue weighted by atomic mass is 9.95. The van der Waals surface area contributed by atoms with E-state index in [1.165, 1.54) is 24.3 Å². The van der Waals surface area contributed by atoms with Crippen LogP contribution in [0.1, 0.15) is 27.8 Å². The zero-order chi connectivity index (χ0) is 26.6. The molecule has 3 aromatic rings. The summed E-state index contributed by atoms with van der Waals surface area (Å²) in [6.45, 7) is -0.205. The second-order valence-corrected chi connectivity index (χ2v) is 8.40. The maximum Gasteiger partial charge on any atom is 0.416 e. The number of halogens is 3. The van der Waals surface area contributed by atoms with Crippen LogP contribution in [0.4, 0.5) is 24.5 Å². The molecule has 190 valence electrons. The summed E-state index contributed by atoms with van der Waals surface area (Å²) in [5.74, 6) is -0.992. The van der Waals surface area contributed by atoms with Crippen LogP contribution in [-0.4, -0.2) is 28.1 Å². The standard InChI is InChI=1S/C28H23F3N2O4/c29-28(30,31)20-12-10-18(11-13-20)21(19-5-1-4-17(14-19)16-34)6-2-9-26(36)32-23-7-3-8-24-22(23)15-25(35)27(37)33-24/h1-14,25,34-35H,15-16H2,(H,32,36)(H,33,37). The normalized spacial score (nSPS) is 15.9. The zero-order valence-corrected chi connectivity index (χ0v) is 19.4. The third kappa shape index (κ3) is 6.14. The van der Waals surface area contributed by atoms with Gasteiger partial charge >= 0.3 is 6.18 Å². The predicted octanol–water partition coefficient (Wildman–Crippen LogP) is 4.68. The van der Waals surface area contributed by atoms with E-state index >= 15 is 0 Å². The van der Waals surface area contributed by atoms with Gasteiger partial charge < -0.3 is 20.8 Å². The van der Waals surface area contributed by atoms with Gasteiger partial charge in [-0.25, -0.2) is 0 Å². The third-order valence-electron chi connectivity index (χ3n) is 5.85. The number of aliphatic hydroxyl groups excluding tert-OH is 2. The Morgan fingerprint density at radius 2 is 1.78 bits per heavy atom. The molecule has 0 bridgehead atoms. The molecule has 1 unspecified atom stereocenters. The first-order valence-corrected chi connectivity index (χ1v) is 11.3. The number of allylic oxidation sites excluding steroid dienone is 2. The zero-order valence-electron chi connectivity index (χ0n) is 19.4. The van der Waals surface area contributed by atoms with Gasteiger partial charge in [-0.1, -0.05) is 48.6 Å². The highest BCUT2D eigenvalue weighted by Crippen LogP contribution is 2.32. The largest absolute Gasteiger partial charge is 0.416 e. The van der Waals surface area contributed by atoms with E-state index < -0.39 is 29.7 Å². The van der Waals surface area contributed by atoms with Crippen molar-refractivity contribution in [2.24, 2.45) is 0 Å². The van der Waals surface area contributed by atoms with Crippen LogP contribution in [0.2, 0.25) is 0 Å². The summed E-state index contributed by atoms with van der Waals surface area (Å²) in [6.07, 6.45) is -1.29. The lowest BCUT2D eigenvalue weighted by Gasteiger charge is -2.23. The van der Waals surface area contributed by atoms with Crippen LogP contribution in [-0.2, 0) is 28.8 Å². The maximum absolute atomic E-state index is 13.0. The molecule has 37 heavy (non-hydrogen) atoms. The van der Waals surface area contributed by atoms with Crippen molar-refractivity contribution in [3.63, 3.8) is 0 Å². The maximum atomic E-state index is 13.0. The molecule has 0 aromatic heterocycles. The molecule has 0 fully saturated rings. The molecule has 9 heteroatoms. The van der Waals surface area contributed by atoms with Crippen LogP contribution >= 0.6 is 0 Å². The number of carbonyl (C=O) groups excluding carboxylic acids is 2. The van der Waals surface area contributed by atoms with E-state index in [4.69, 9.17) is 0 Å². The molecule has 4 rings (SSSR count). The average Bonchev–Trinajstić information content (AvgIpc) is 2.87. The minimum atomic E-state index is -4.47. The highest BCUT2D eigenvalue weighted by molar-refractivity contribution is 6.03. The van der Waals surface area contributed by atoms with E-state index in [0.717, 1.165) is 12.1 Å². The van der Waals surface area contributed by atoms with E-state index in [1.54, 1.807) is 48.5 Å². The van der Waals surface area contributed by atoms with Crippen molar-refractivity contribution in [3.05, 3.63) is 113 Å². The van der Waals surface area contributed by atoms with Gasteiger partial charge in [-0.2, -0.15) is 13.2 Å². The molecule has 1 aliphatic rings. The molecule has 0 radical (unpaired) electrons. The van der Waals surface area contributed by atoms with Crippen molar-refractivity contribution in [1.29, 1.82) is 0 Å². The molecule has 2 amide bonds. The predicted molar refractivity (Wildman–Crippen MR) is 133 cm³/mol. The molecular weight excluding hydrogens is 485 g/mol. The van der Waals surface area contributed by atoms with Crippen LogP contribution < -0.4 is 10.6 Å². The Morgan fingerprint density at radius 1 is 1.05 bits per heavy atom. The number of nitrogens with one attached hydrogen (secondary N) is 2.